The minimum absolute atomic E-state index is 0.248. The third kappa shape index (κ3) is 4.10. The van der Waals surface area contributed by atoms with Gasteiger partial charge in [-0.05, 0) is 36.7 Å². The van der Waals surface area contributed by atoms with Crippen LogP contribution in [0.2, 0.25) is 0 Å². The number of hydrogen-bond donors (Lipinski definition) is 1. The minimum Gasteiger partial charge on any atom is -0.496 e. The zero-order valence-electron chi connectivity index (χ0n) is 16.2. The summed E-state index contributed by atoms with van der Waals surface area (Å²) in [6.07, 6.45) is 6.13. The van der Waals surface area contributed by atoms with Crippen molar-refractivity contribution < 1.29 is 9.26 Å². The standard InChI is InChI=1S/C21H20N6O2/c1-27-7-5-14(6-8-27)15-3-4-17(19(9-15)28-2)18-10-21(29-26-18)25-20-13-23-16(11-22)12-24-20/h3-5,9-10,12-13H,6-8H2,1-2H3,(H,24,25). The normalized spacial score (nSPS) is 14.2. The van der Waals surface area contributed by atoms with Crippen molar-refractivity contribution in [2.75, 3.05) is 32.6 Å². The van der Waals surface area contributed by atoms with Crippen molar-refractivity contribution in [1.29, 1.82) is 5.26 Å². The van der Waals surface area contributed by atoms with E-state index in [-0.39, 0.29) is 5.69 Å². The summed E-state index contributed by atoms with van der Waals surface area (Å²) in [7, 11) is 3.77. The summed E-state index contributed by atoms with van der Waals surface area (Å²) in [4.78, 5) is 10.4. The smallest absolute Gasteiger partial charge is 0.230 e. The zero-order valence-corrected chi connectivity index (χ0v) is 16.2. The molecule has 1 aliphatic heterocycles. The van der Waals surface area contributed by atoms with Crippen LogP contribution in [0.1, 0.15) is 17.7 Å². The van der Waals surface area contributed by atoms with E-state index in [0.29, 0.717) is 17.4 Å². The number of benzene rings is 1. The Morgan fingerprint density at radius 2 is 2.14 bits per heavy atom. The molecule has 0 saturated carbocycles. The van der Waals surface area contributed by atoms with Gasteiger partial charge in [-0.1, -0.05) is 17.3 Å². The molecular weight excluding hydrogens is 368 g/mol. The van der Waals surface area contributed by atoms with Gasteiger partial charge in [0.25, 0.3) is 0 Å². The molecule has 1 aliphatic rings. The van der Waals surface area contributed by atoms with Crippen LogP contribution >= 0.6 is 0 Å². The zero-order chi connectivity index (χ0) is 20.2. The lowest BCUT2D eigenvalue weighted by Crippen LogP contribution is -2.23. The SMILES string of the molecule is COc1cc(C2=CCN(C)CC2)ccc1-c1cc(Nc2cnc(C#N)cn2)on1. The van der Waals surface area contributed by atoms with E-state index < -0.39 is 0 Å². The van der Waals surface area contributed by atoms with E-state index in [0.717, 1.165) is 36.4 Å². The number of aromatic nitrogens is 3. The molecule has 0 aliphatic carbocycles. The summed E-state index contributed by atoms with van der Waals surface area (Å²) < 4.78 is 11.0. The maximum Gasteiger partial charge on any atom is 0.230 e. The van der Waals surface area contributed by atoms with Crippen LogP contribution < -0.4 is 10.1 Å². The topological polar surface area (TPSA) is 100 Å². The van der Waals surface area contributed by atoms with E-state index in [4.69, 9.17) is 14.5 Å². The molecule has 8 nitrogen and oxygen atoms in total. The van der Waals surface area contributed by atoms with Gasteiger partial charge in [-0.15, -0.1) is 0 Å². The lowest BCUT2D eigenvalue weighted by molar-refractivity contribution is 0.370. The van der Waals surface area contributed by atoms with E-state index in [1.165, 1.54) is 18.0 Å². The Bertz CT molecular complexity index is 1080. The highest BCUT2D eigenvalue weighted by Gasteiger charge is 2.16. The average molecular weight is 388 g/mol. The van der Waals surface area contributed by atoms with Crippen LogP contribution in [0, 0.1) is 11.3 Å². The highest BCUT2D eigenvalue weighted by molar-refractivity contribution is 5.75. The molecule has 29 heavy (non-hydrogen) atoms. The van der Waals surface area contributed by atoms with Crippen molar-refractivity contribution in [1.82, 2.24) is 20.0 Å². The number of nitrogens with one attached hydrogen (secondary N) is 1. The van der Waals surface area contributed by atoms with E-state index in [1.54, 1.807) is 13.2 Å². The van der Waals surface area contributed by atoms with Gasteiger partial charge in [0.2, 0.25) is 5.88 Å². The number of rotatable bonds is 5. The van der Waals surface area contributed by atoms with Gasteiger partial charge in [0.1, 0.15) is 17.5 Å². The van der Waals surface area contributed by atoms with Gasteiger partial charge in [-0.25, -0.2) is 9.97 Å². The molecule has 3 aromatic rings. The first-order chi connectivity index (χ1) is 14.2. The van der Waals surface area contributed by atoms with Gasteiger partial charge in [0, 0.05) is 24.7 Å². The first-order valence-electron chi connectivity index (χ1n) is 9.18. The summed E-state index contributed by atoms with van der Waals surface area (Å²) in [6, 6.07) is 9.82. The number of ether oxygens (including phenoxy) is 1. The molecule has 4 rings (SSSR count). The van der Waals surface area contributed by atoms with Crippen molar-refractivity contribution in [2.45, 2.75) is 6.42 Å². The first kappa shape index (κ1) is 18.7. The average Bonchev–Trinajstić information content (AvgIpc) is 3.22. The fraction of sp³-hybridized carbons (Fsp3) is 0.238. The van der Waals surface area contributed by atoms with Crippen LogP contribution in [0.15, 0.2) is 47.3 Å². The van der Waals surface area contributed by atoms with Crippen LogP contribution in [0.5, 0.6) is 5.75 Å². The maximum absolute atomic E-state index is 8.79. The first-order valence-corrected chi connectivity index (χ1v) is 9.18. The van der Waals surface area contributed by atoms with Crippen LogP contribution in [-0.2, 0) is 0 Å². The number of nitriles is 1. The van der Waals surface area contributed by atoms with E-state index in [2.05, 4.69) is 44.5 Å². The van der Waals surface area contributed by atoms with Gasteiger partial charge in [0.15, 0.2) is 11.5 Å². The second kappa shape index (κ2) is 8.12. The minimum atomic E-state index is 0.248. The molecule has 0 spiro atoms. The maximum atomic E-state index is 8.79. The quantitative estimate of drug-likeness (QED) is 0.709. The molecule has 1 aromatic carbocycles. The van der Waals surface area contributed by atoms with Gasteiger partial charge >= 0.3 is 0 Å². The van der Waals surface area contributed by atoms with Gasteiger partial charge < -0.3 is 19.5 Å². The Balaban J connectivity index is 1.56. The van der Waals surface area contributed by atoms with Crippen molar-refractivity contribution in [3.8, 4) is 23.1 Å². The van der Waals surface area contributed by atoms with Crippen LogP contribution in [0.25, 0.3) is 16.8 Å². The molecular formula is C21H20N6O2. The third-order valence-corrected chi connectivity index (χ3v) is 4.79. The van der Waals surface area contributed by atoms with Crippen LogP contribution in [0.3, 0.4) is 0 Å². The van der Waals surface area contributed by atoms with Gasteiger partial charge in [-0.2, -0.15) is 5.26 Å². The predicted octanol–water partition coefficient (Wildman–Crippen LogP) is 3.47. The lowest BCUT2D eigenvalue weighted by Gasteiger charge is -2.22. The summed E-state index contributed by atoms with van der Waals surface area (Å²) in [5.41, 5.74) is 4.23. The second-order valence-electron chi connectivity index (χ2n) is 6.76. The molecule has 0 fully saturated rings. The number of anilines is 2. The Morgan fingerprint density at radius 3 is 2.83 bits per heavy atom. The van der Waals surface area contributed by atoms with Crippen molar-refractivity contribution in [3.63, 3.8) is 0 Å². The third-order valence-electron chi connectivity index (χ3n) is 4.79. The molecule has 2 aromatic heterocycles. The fourth-order valence-electron chi connectivity index (χ4n) is 3.17. The van der Waals surface area contributed by atoms with E-state index in [1.807, 2.05) is 18.2 Å². The second-order valence-corrected chi connectivity index (χ2v) is 6.76. The monoisotopic (exact) mass is 388 g/mol. The molecule has 0 radical (unpaired) electrons. The molecule has 3 heterocycles. The van der Waals surface area contributed by atoms with Crippen molar-refractivity contribution in [2.24, 2.45) is 0 Å². The Morgan fingerprint density at radius 1 is 1.24 bits per heavy atom. The molecule has 0 saturated heterocycles. The number of hydrogen-bond acceptors (Lipinski definition) is 8. The molecule has 0 amide bonds. The Hall–Kier alpha value is -3.70. The molecule has 8 heteroatoms. The lowest BCUT2D eigenvalue weighted by atomic mass is 9.97. The Labute approximate surface area is 168 Å². The molecule has 0 atom stereocenters. The van der Waals surface area contributed by atoms with Crippen LogP contribution in [0.4, 0.5) is 11.7 Å². The van der Waals surface area contributed by atoms with E-state index in [9.17, 15) is 0 Å². The van der Waals surface area contributed by atoms with E-state index >= 15 is 0 Å². The highest BCUT2D eigenvalue weighted by atomic mass is 16.5. The summed E-state index contributed by atoms with van der Waals surface area (Å²) >= 11 is 0. The molecule has 1 N–H and O–H groups in total. The van der Waals surface area contributed by atoms with Gasteiger partial charge in [0.05, 0.1) is 19.5 Å². The summed E-state index contributed by atoms with van der Waals surface area (Å²) in [6.45, 7) is 2.00. The predicted molar refractivity (Wildman–Crippen MR) is 109 cm³/mol. The van der Waals surface area contributed by atoms with Gasteiger partial charge in [-0.3, -0.25) is 0 Å². The van der Waals surface area contributed by atoms with Crippen molar-refractivity contribution >= 4 is 17.3 Å². The largest absolute Gasteiger partial charge is 0.496 e. The number of methoxy groups -OCH3 is 1. The Kier molecular flexibility index (Phi) is 5.22. The number of nitrogens with zero attached hydrogens (tertiary/aromatic N) is 5. The summed E-state index contributed by atoms with van der Waals surface area (Å²) in [5, 5.41) is 15.9. The molecule has 0 bridgehead atoms. The summed E-state index contributed by atoms with van der Waals surface area (Å²) in [5.74, 6) is 1.62. The molecule has 146 valence electrons. The fourth-order valence-corrected chi connectivity index (χ4v) is 3.17. The van der Waals surface area contributed by atoms with Crippen molar-refractivity contribution in [3.05, 3.63) is 54.0 Å². The highest BCUT2D eigenvalue weighted by Crippen LogP contribution is 2.34. The van der Waals surface area contributed by atoms with Crippen LogP contribution in [-0.4, -0.2) is 47.3 Å². The molecule has 0 unspecified atom stereocenters. The number of likely N-dealkylation sites (N-methyl/N-ethyl adjacent to an activating group) is 1.